The lowest BCUT2D eigenvalue weighted by Crippen LogP contribution is -2.51. The predicted molar refractivity (Wildman–Crippen MR) is 77.6 cm³/mol. The number of likely N-dealkylation sites (tertiary alicyclic amines) is 1. The van der Waals surface area contributed by atoms with Crippen molar-refractivity contribution in [3.8, 4) is 0 Å². The van der Waals surface area contributed by atoms with Crippen molar-refractivity contribution in [1.29, 1.82) is 0 Å². The van der Waals surface area contributed by atoms with Gasteiger partial charge in [-0.05, 0) is 50.9 Å². The fourth-order valence-electron chi connectivity index (χ4n) is 2.97. The van der Waals surface area contributed by atoms with Crippen LogP contribution in [0, 0.1) is 11.7 Å². The van der Waals surface area contributed by atoms with E-state index >= 15 is 0 Å². The normalized spacial score (nSPS) is 30.3. The smallest absolute Gasteiger partial charge is 0.123 e. The Morgan fingerprint density at radius 3 is 2.79 bits per heavy atom. The van der Waals surface area contributed by atoms with Crippen LogP contribution in [0.2, 0.25) is 0 Å². The van der Waals surface area contributed by atoms with Gasteiger partial charge in [-0.25, -0.2) is 4.39 Å². The summed E-state index contributed by atoms with van der Waals surface area (Å²) in [4.78, 5) is 2.41. The molecule has 106 valence electrons. The summed E-state index contributed by atoms with van der Waals surface area (Å²) in [6.07, 6.45) is 1.15. The Bertz CT molecular complexity index is 421. The van der Waals surface area contributed by atoms with Crippen LogP contribution in [0.4, 0.5) is 4.39 Å². The molecule has 0 saturated carbocycles. The van der Waals surface area contributed by atoms with Crippen LogP contribution in [0.1, 0.15) is 38.8 Å². The van der Waals surface area contributed by atoms with Gasteiger partial charge in [0.05, 0.1) is 0 Å². The van der Waals surface area contributed by atoms with Crippen LogP contribution in [-0.2, 0) is 0 Å². The average Bonchev–Trinajstić information content (AvgIpc) is 2.36. The van der Waals surface area contributed by atoms with Crippen molar-refractivity contribution in [2.75, 3.05) is 13.6 Å². The van der Waals surface area contributed by atoms with E-state index in [0.29, 0.717) is 18.0 Å². The standard InChI is InChI=1S/C16H25FN2/c1-11-10-19(4)12(2)8-16(11)18-13(3)14-6-5-7-15(17)9-14/h5-7,9,11-13,16,18H,8,10H2,1-4H3/t11?,12?,13-,16?/m0/s1. The highest BCUT2D eigenvalue weighted by Crippen LogP contribution is 2.24. The molecule has 2 nitrogen and oxygen atoms in total. The SMILES string of the molecule is CC1CN(C)C(C)CC1N[C@@H](C)c1cccc(F)c1. The third kappa shape index (κ3) is 3.54. The van der Waals surface area contributed by atoms with Crippen LogP contribution < -0.4 is 5.32 Å². The van der Waals surface area contributed by atoms with Gasteiger partial charge in [0.25, 0.3) is 0 Å². The van der Waals surface area contributed by atoms with E-state index in [1.54, 1.807) is 12.1 Å². The molecule has 4 atom stereocenters. The quantitative estimate of drug-likeness (QED) is 0.902. The van der Waals surface area contributed by atoms with Crippen LogP contribution in [0.25, 0.3) is 0 Å². The number of rotatable bonds is 3. The van der Waals surface area contributed by atoms with Crippen LogP contribution in [0.5, 0.6) is 0 Å². The van der Waals surface area contributed by atoms with Crippen molar-refractivity contribution in [3.63, 3.8) is 0 Å². The zero-order chi connectivity index (χ0) is 14.0. The zero-order valence-electron chi connectivity index (χ0n) is 12.4. The molecular weight excluding hydrogens is 239 g/mol. The number of benzene rings is 1. The molecule has 1 aromatic rings. The Morgan fingerprint density at radius 1 is 1.37 bits per heavy atom. The highest BCUT2D eigenvalue weighted by Gasteiger charge is 2.29. The number of piperidine rings is 1. The van der Waals surface area contributed by atoms with Gasteiger partial charge in [0, 0.05) is 24.7 Å². The summed E-state index contributed by atoms with van der Waals surface area (Å²) in [5.41, 5.74) is 1.03. The van der Waals surface area contributed by atoms with E-state index in [-0.39, 0.29) is 11.9 Å². The van der Waals surface area contributed by atoms with Gasteiger partial charge in [-0.15, -0.1) is 0 Å². The Labute approximate surface area is 116 Å². The highest BCUT2D eigenvalue weighted by atomic mass is 19.1. The van der Waals surface area contributed by atoms with Gasteiger partial charge in [-0.1, -0.05) is 19.1 Å². The first kappa shape index (κ1) is 14.5. The second-order valence-electron chi connectivity index (χ2n) is 6.05. The maximum absolute atomic E-state index is 13.3. The van der Waals surface area contributed by atoms with Gasteiger partial charge in [-0.3, -0.25) is 0 Å². The molecule has 1 aliphatic heterocycles. The van der Waals surface area contributed by atoms with Crippen LogP contribution in [0.3, 0.4) is 0 Å². The number of nitrogens with zero attached hydrogens (tertiary/aromatic N) is 1. The van der Waals surface area contributed by atoms with E-state index in [0.717, 1.165) is 18.5 Å². The van der Waals surface area contributed by atoms with Crippen LogP contribution >= 0.6 is 0 Å². The molecule has 3 unspecified atom stereocenters. The molecule has 0 aromatic heterocycles. The molecule has 0 aliphatic carbocycles. The maximum Gasteiger partial charge on any atom is 0.123 e. The molecule has 19 heavy (non-hydrogen) atoms. The second kappa shape index (κ2) is 6.02. The number of hydrogen-bond acceptors (Lipinski definition) is 2. The Balaban J connectivity index is 2.00. The molecule has 0 radical (unpaired) electrons. The van der Waals surface area contributed by atoms with E-state index < -0.39 is 0 Å². The first-order valence-electron chi connectivity index (χ1n) is 7.19. The fourth-order valence-corrected chi connectivity index (χ4v) is 2.97. The molecule has 1 N–H and O–H groups in total. The molecule has 2 rings (SSSR count). The van der Waals surface area contributed by atoms with Gasteiger partial charge in [0.1, 0.15) is 5.82 Å². The predicted octanol–water partition coefficient (Wildman–Crippen LogP) is 3.21. The van der Waals surface area contributed by atoms with Gasteiger partial charge in [-0.2, -0.15) is 0 Å². The molecule has 3 heteroatoms. The zero-order valence-corrected chi connectivity index (χ0v) is 12.4. The lowest BCUT2D eigenvalue weighted by atomic mass is 9.89. The summed E-state index contributed by atoms with van der Waals surface area (Å²) < 4.78 is 13.3. The largest absolute Gasteiger partial charge is 0.307 e. The summed E-state index contributed by atoms with van der Waals surface area (Å²) in [5.74, 6) is 0.466. The Hall–Kier alpha value is -0.930. The minimum Gasteiger partial charge on any atom is -0.307 e. The van der Waals surface area contributed by atoms with Crippen LogP contribution in [-0.4, -0.2) is 30.6 Å². The van der Waals surface area contributed by atoms with E-state index in [1.165, 1.54) is 6.07 Å². The molecule has 1 aromatic carbocycles. The highest BCUT2D eigenvalue weighted by molar-refractivity contribution is 5.19. The van der Waals surface area contributed by atoms with Crippen molar-refractivity contribution in [1.82, 2.24) is 10.2 Å². The number of hydrogen-bond donors (Lipinski definition) is 1. The first-order chi connectivity index (χ1) is 8.97. The van der Waals surface area contributed by atoms with Gasteiger partial charge < -0.3 is 10.2 Å². The molecule has 0 spiro atoms. The van der Waals surface area contributed by atoms with Crippen molar-refractivity contribution in [2.45, 2.75) is 45.3 Å². The van der Waals surface area contributed by atoms with Gasteiger partial charge in [0.15, 0.2) is 0 Å². The summed E-state index contributed by atoms with van der Waals surface area (Å²) in [6, 6.07) is 8.20. The average molecular weight is 264 g/mol. The Morgan fingerprint density at radius 2 is 2.11 bits per heavy atom. The molecule has 1 heterocycles. The third-order valence-electron chi connectivity index (χ3n) is 4.42. The van der Waals surface area contributed by atoms with Crippen molar-refractivity contribution >= 4 is 0 Å². The Kier molecular flexibility index (Phi) is 4.58. The lowest BCUT2D eigenvalue weighted by Gasteiger charge is -2.41. The van der Waals surface area contributed by atoms with E-state index in [4.69, 9.17) is 0 Å². The summed E-state index contributed by atoms with van der Waals surface area (Å²) >= 11 is 0. The molecule has 0 bridgehead atoms. The number of halogens is 1. The lowest BCUT2D eigenvalue weighted by molar-refractivity contribution is 0.116. The number of nitrogens with one attached hydrogen (secondary N) is 1. The van der Waals surface area contributed by atoms with E-state index in [9.17, 15) is 4.39 Å². The minimum absolute atomic E-state index is 0.157. The minimum atomic E-state index is -0.157. The van der Waals surface area contributed by atoms with Gasteiger partial charge >= 0.3 is 0 Å². The third-order valence-corrected chi connectivity index (χ3v) is 4.42. The van der Waals surface area contributed by atoms with Crippen molar-refractivity contribution in [3.05, 3.63) is 35.6 Å². The molecule has 1 fully saturated rings. The first-order valence-corrected chi connectivity index (χ1v) is 7.19. The molecule has 1 aliphatic rings. The van der Waals surface area contributed by atoms with Crippen LogP contribution in [0.15, 0.2) is 24.3 Å². The topological polar surface area (TPSA) is 15.3 Å². The summed E-state index contributed by atoms with van der Waals surface area (Å²) in [7, 11) is 2.19. The summed E-state index contributed by atoms with van der Waals surface area (Å²) in [5, 5.41) is 3.67. The maximum atomic E-state index is 13.3. The molecular formula is C16H25FN2. The fraction of sp³-hybridized carbons (Fsp3) is 0.625. The van der Waals surface area contributed by atoms with Gasteiger partial charge in [0.2, 0.25) is 0 Å². The van der Waals surface area contributed by atoms with Crippen molar-refractivity contribution in [2.24, 2.45) is 5.92 Å². The van der Waals surface area contributed by atoms with E-state index in [2.05, 4.69) is 38.0 Å². The monoisotopic (exact) mass is 264 g/mol. The molecule has 0 amide bonds. The second-order valence-corrected chi connectivity index (χ2v) is 6.05. The van der Waals surface area contributed by atoms with E-state index in [1.807, 2.05) is 6.07 Å². The summed E-state index contributed by atoms with van der Waals surface area (Å²) in [6.45, 7) is 7.80. The van der Waals surface area contributed by atoms with Crippen molar-refractivity contribution < 1.29 is 4.39 Å². The molecule has 1 saturated heterocycles.